The van der Waals surface area contributed by atoms with Crippen LogP contribution in [-0.4, -0.2) is 72.1 Å². The number of alkyl halides is 1. The Labute approximate surface area is 216 Å². The Morgan fingerprint density at radius 2 is 1.94 bits per heavy atom. The van der Waals surface area contributed by atoms with Gasteiger partial charge in [-0.15, -0.1) is 0 Å². The number of esters is 4. The van der Waals surface area contributed by atoms with Crippen molar-refractivity contribution in [1.82, 2.24) is 0 Å². The summed E-state index contributed by atoms with van der Waals surface area (Å²) in [6, 6.07) is 0. The summed E-state index contributed by atoms with van der Waals surface area (Å²) in [6.45, 7) is 4.43. The van der Waals surface area contributed by atoms with E-state index >= 15 is 0 Å². The monoisotopic (exact) mass is 568 g/mol. The second-order valence-corrected chi connectivity index (χ2v) is 12.9. The first-order chi connectivity index (χ1) is 16.9. The van der Waals surface area contributed by atoms with Crippen LogP contribution in [-0.2, 0) is 47.6 Å². The molecule has 0 radical (unpaired) electrons. The number of rotatable bonds is 5. The van der Waals surface area contributed by atoms with Gasteiger partial charge in [0.05, 0.1) is 23.0 Å². The molecule has 6 aliphatic rings. The Morgan fingerprint density at radius 3 is 2.61 bits per heavy atom. The average molecular weight is 569 g/mol. The number of halogens is 1. The van der Waals surface area contributed by atoms with Crippen molar-refractivity contribution in [3.8, 4) is 0 Å². The third-order valence-electron chi connectivity index (χ3n) is 9.79. The maximum Gasteiger partial charge on any atom is 0.317 e. The molecular formula is C25H29BrO10. The van der Waals surface area contributed by atoms with E-state index in [9.17, 15) is 19.2 Å². The van der Waals surface area contributed by atoms with E-state index in [0.29, 0.717) is 25.9 Å². The van der Waals surface area contributed by atoms with Crippen molar-refractivity contribution in [2.45, 2.75) is 67.8 Å². The highest BCUT2D eigenvalue weighted by molar-refractivity contribution is 9.10. The molecule has 11 heteroatoms. The van der Waals surface area contributed by atoms with Gasteiger partial charge in [0.2, 0.25) is 0 Å². The highest BCUT2D eigenvalue weighted by atomic mass is 79.9. The summed E-state index contributed by atoms with van der Waals surface area (Å²) in [6.07, 6.45) is 3.42. The fourth-order valence-corrected chi connectivity index (χ4v) is 9.99. The first-order valence-corrected chi connectivity index (χ1v) is 13.0. The molecular weight excluding hydrogens is 540 g/mol. The van der Waals surface area contributed by atoms with E-state index in [2.05, 4.69) is 15.9 Å². The van der Waals surface area contributed by atoms with Crippen LogP contribution in [0.1, 0.15) is 40.0 Å². The van der Waals surface area contributed by atoms with Gasteiger partial charge in [0.1, 0.15) is 17.1 Å². The molecule has 0 unspecified atom stereocenters. The Morgan fingerprint density at radius 1 is 1.19 bits per heavy atom. The molecule has 4 aliphatic carbocycles. The van der Waals surface area contributed by atoms with Gasteiger partial charge >= 0.3 is 23.9 Å². The third kappa shape index (κ3) is 2.59. The molecule has 1 spiro atoms. The molecule has 0 amide bonds. The summed E-state index contributed by atoms with van der Waals surface area (Å²) in [7, 11) is 1.42. The van der Waals surface area contributed by atoms with E-state index in [1.807, 2.05) is 0 Å². The van der Waals surface area contributed by atoms with Crippen molar-refractivity contribution in [2.75, 3.05) is 20.5 Å². The van der Waals surface area contributed by atoms with E-state index in [0.717, 1.165) is 0 Å². The summed E-state index contributed by atoms with van der Waals surface area (Å²) in [5.74, 6) is -3.75. The van der Waals surface area contributed by atoms with E-state index < -0.39 is 74.3 Å². The van der Waals surface area contributed by atoms with E-state index in [1.54, 1.807) is 19.1 Å². The second-order valence-electron chi connectivity index (χ2n) is 11.4. The maximum atomic E-state index is 13.9. The van der Waals surface area contributed by atoms with Crippen molar-refractivity contribution >= 4 is 39.8 Å². The first-order valence-electron chi connectivity index (χ1n) is 12.2. The molecule has 5 fully saturated rings. The first kappa shape index (κ1) is 24.4. The molecule has 2 heterocycles. The zero-order valence-corrected chi connectivity index (χ0v) is 22.1. The van der Waals surface area contributed by atoms with Gasteiger partial charge in [-0.05, 0) is 43.8 Å². The van der Waals surface area contributed by atoms with Crippen LogP contribution in [0.4, 0.5) is 0 Å². The smallest absolute Gasteiger partial charge is 0.317 e. The lowest BCUT2D eigenvalue weighted by Crippen LogP contribution is -2.56. The number of ether oxygens (including phenoxy) is 6. The molecule has 0 aromatic rings. The van der Waals surface area contributed by atoms with Gasteiger partial charge in [0.25, 0.3) is 0 Å². The molecule has 196 valence electrons. The van der Waals surface area contributed by atoms with Gasteiger partial charge < -0.3 is 28.4 Å². The van der Waals surface area contributed by atoms with Crippen LogP contribution in [0.5, 0.6) is 0 Å². The highest BCUT2D eigenvalue weighted by Crippen LogP contribution is 2.81. The molecule has 36 heavy (non-hydrogen) atoms. The number of methoxy groups -OCH3 is 1. The van der Waals surface area contributed by atoms with Crippen LogP contribution < -0.4 is 0 Å². The molecule has 0 aromatic carbocycles. The van der Waals surface area contributed by atoms with Crippen molar-refractivity contribution < 1.29 is 47.6 Å². The Kier molecular flexibility index (Phi) is 4.95. The standard InChI is InChI=1S/C25H29BrO10/c1-12(27)34-15-5-6-24-14-7-16-25(35-13(2)28)9-22(14,8-23(25,26)10-32-16)17(19(29)33-11-31-4)18(24)21(15,3)20(30)36-24/h5-6,14-18H,7-11H2,1-4H3/t14-,15+,16-,17-,18-,21-,22+,23-,24-,25+/m1/s1. The molecule has 3 saturated carbocycles. The van der Waals surface area contributed by atoms with Gasteiger partial charge in [0.15, 0.2) is 12.4 Å². The minimum Gasteiger partial charge on any atom is -0.457 e. The van der Waals surface area contributed by atoms with Crippen molar-refractivity contribution in [1.29, 1.82) is 0 Å². The van der Waals surface area contributed by atoms with E-state index in [4.69, 9.17) is 28.4 Å². The fourth-order valence-electron chi connectivity index (χ4n) is 8.86. The summed E-state index contributed by atoms with van der Waals surface area (Å²) in [4.78, 5) is 51.6. The van der Waals surface area contributed by atoms with Crippen LogP contribution in [0.25, 0.3) is 0 Å². The molecule has 10 nitrogen and oxygen atoms in total. The largest absolute Gasteiger partial charge is 0.457 e. The Balaban J connectivity index is 1.55. The van der Waals surface area contributed by atoms with Crippen LogP contribution in [0.15, 0.2) is 12.2 Å². The molecule has 10 atom stereocenters. The lowest BCUT2D eigenvalue weighted by Gasteiger charge is -2.48. The predicted molar refractivity (Wildman–Crippen MR) is 122 cm³/mol. The van der Waals surface area contributed by atoms with Crippen molar-refractivity contribution in [3.63, 3.8) is 0 Å². The predicted octanol–water partition coefficient (Wildman–Crippen LogP) is 1.82. The zero-order chi connectivity index (χ0) is 25.9. The van der Waals surface area contributed by atoms with Gasteiger partial charge in [-0.2, -0.15) is 0 Å². The fraction of sp³-hybridized carbons (Fsp3) is 0.760. The summed E-state index contributed by atoms with van der Waals surface area (Å²) < 4.78 is 33.9. The van der Waals surface area contributed by atoms with Crippen LogP contribution >= 0.6 is 15.9 Å². The SMILES string of the molecule is COCOC(=O)[C@H]1[C@H]2[C@@]3(C=C[C@H](OC(C)=O)[C@@]2(C)C(=O)O3)[C@@H]2C[C@H]3OC[C@]4(Br)C[C@]21C[C@]34OC(C)=O. The molecule has 2 saturated heterocycles. The van der Waals surface area contributed by atoms with E-state index in [-0.39, 0.29) is 12.7 Å². The average Bonchev–Trinajstić information content (AvgIpc) is 3.31. The van der Waals surface area contributed by atoms with Crippen LogP contribution in [0.2, 0.25) is 0 Å². The number of carbonyl (C=O) groups is 4. The Bertz CT molecular complexity index is 1110. The quantitative estimate of drug-likeness (QED) is 0.159. The molecule has 4 bridgehead atoms. The van der Waals surface area contributed by atoms with Gasteiger partial charge in [-0.25, -0.2) is 0 Å². The lowest BCUT2D eigenvalue weighted by atomic mass is 9.60. The second kappa shape index (κ2) is 7.32. The molecule has 2 aliphatic heterocycles. The summed E-state index contributed by atoms with van der Waals surface area (Å²) in [5, 5.41) is 0. The van der Waals surface area contributed by atoms with Crippen LogP contribution in [0.3, 0.4) is 0 Å². The topological polar surface area (TPSA) is 124 Å². The van der Waals surface area contributed by atoms with Crippen molar-refractivity contribution in [3.05, 3.63) is 12.2 Å². The summed E-state index contributed by atoms with van der Waals surface area (Å²) >= 11 is 3.89. The minimum atomic E-state index is -1.31. The minimum absolute atomic E-state index is 0.245. The number of hydrogen-bond acceptors (Lipinski definition) is 10. The maximum absolute atomic E-state index is 13.9. The Hall–Kier alpha value is -1.98. The van der Waals surface area contributed by atoms with Crippen LogP contribution in [0, 0.1) is 28.6 Å². The van der Waals surface area contributed by atoms with Crippen molar-refractivity contribution in [2.24, 2.45) is 28.6 Å². The van der Waals surface area contributed by atoms with Gasteiger partial charge in [-0.3, -0.25) is 19.2 Å². The number of hydrogen-bond donors (Lipinski definition) is 0. The molecule has 6 rings (SSSR count). The lowest BCUT2D eigenvalue weighted by molar-refractivity contribution is -0.186. The molecule has 0 N–H and O–H groups in total. The van der Waals surface area contributed by atoms with Gasteiger partial charge in [-0.1, -0.05) is 15.9 Å². The normalized spacial score (nSPS) is 50.8. The van der Waals surface area contributed by atoms with Gasteiger partial charge in [0, 0.05) is 32.8 Å². The number of carbonyl (C=O) groups excluding carboxylic acids is 4. The summed E-state index contributed by atoms with van der Waals surface area (Å²) in [5.41, 5.74) is -4.12. The highest BCUT2D eigenvalue weighted by Gasteiger charge is 2.89. The molecule has 0 aromatic heterocycles. The zero-order valence-electron chi connectivity index (χ0n) is 20.5. The van der Waals surface area contributed by atoms with E-state index in [1.165, 1.54) is 21.0 Å². The third-order valence-corrected chi connectivity index (χ3v) is 11.0.